The Bertz CT molecular complexity index is 643. The van der Waals surface area contributed by atoms with Crippen molar-refractivity contribution in [1.82, 2.24) is 5.32 Å². The maximum absolute atomic E-state index is 5.74. The van der Waals surface area contributed by atoms with Crippen LogP contribution in [-0.2, 0) is 11.3 Å². The molecule has 0 saturated carbocycles. The average molecular weight is 337 g/mol. The summed E-state index contributed by atoms with van der Waals surface area (Å²) in [4.78, 5) is 0. The van der Waals surface area contributed by atoms with E-state index >= 15 is 0 Å². The van der Waals surface area contributed by atoms with E-state index < -0.39 is 0 Å². The van der Waals surface area contributed by atoms with Crippen LogP contribution in [0.3, 0.4) is 0 Å². The fourth-order valence-corrected chi connectivity index (χ4v) is 4.14. The lowest BCUT2D eigenvalue weighted by molar-refractivity contribution is 0.0889. The summed E-state index contributed by atoms with van der Waals surface area (Å²) in [5.41, 5.74) is 2.73. The van der Waals surface area contributed by atoms with Crippen LogP contribution in [0.1, 0.15) is 42.7 Å². The van der Waals surface area contributed by atoms with Crippen LogP contribution in [0.15, 0.2) is 54.6 Å². The third-order valence-corrected chi connectivity index (χ3v) is 5.43. The van der Waals surface area contributed by atoms with Gasteiger partial charge in [-0.3, -0.25) is 0 Å². The van der Waals surface area contributed by atoms with Crippen molar-refractivity contribution in [3.63, 3.8) is 0 Å². The van der Waals surface area contributed by atoms with E-state index in [4.69, 9.17) is 9.47 Å². The summed E-state index contributed by atoms with van der Waals surface area (Å²) in [6.07, 6.45) is 5.31. The van der Waals surface area contributed by atoms with Crippen LogP contribution in [0.4, 0.5) is 0 Å². The van der Waals surface area contributed by atoms with Crippen LogP contribution >= 0.6 is 0 Å². The molecule has 1 N–H and O–H groups in total. The number of nitrogens with one attached hydrogen (secondary N) is 1. The van der Waals surface area contributed by atoms with Gasteiger partial charge in [0.2, 0.25) is 0 Å². The van der Waals surface area contributed by atoms with Crippen molar-refractivity contribution in [2.75, 3.05) is 13.2 Å². The second kappa shape index (κ2) is 8.03. The number of rotatable bonds is 7. The molecule has 2 fully saturated rings. The van der Waals surface area contributed by atoms with E-state index in [9.17, 15) is 0 Å². The molecular formula is C22H27NO2. The lowest BCUT2D eigenvalue weighted by Crippen LogP contribution is -2.37. The van der Waals surface area contributed by atoms with Gasteiger partial charge in [-0.15, -0.1) is 0 Å². The highest BCUT2D eigenvalue weighted by molar-refractivity contribution is 5.26. The van der Waals surface area contributed by atoms with Crippen LogP contribution < -0.4 is 10.1 Å². The summed E-state index contributed by atoms with van der Waals surface area (Å²) < 4.78 is 11.4. The summed E-state index contributed by atoms with van der Waals surface area (Å²) in [6, 6.07) is 20.4. The topological polar surface area (TPSA) is 30.5 Å². The Morgan fingerprint density at radius 2 is 1.56 bits per heavy atom. The molecule has 4 rings (SSSR count). The van der Waals surface area contributed by atoms with Gasteiger partial charge in [0.05, 0.1) is 13.2 Å². The zero-order chi connectivity index (χ0) is 16.9. The first-order chi connectivity index (χ1) is 12.4. The molecule has 2 aliphatic heterocycles. The molecule has 3 heteroatoms. The molecule has 2 bridgehead atoms. The van der Waals surface area contributed by atoms with Gasteiger partial charge in [-0.05, 0) is 54.9 Å². The van der Waals surface area contributed by atoms with Gasteiger partial charge in [-0.2, -0.15) is 0 Å². The molecule has 0 aliphatic carbocycles. The molecule has 3 nitrogen and oxygen atoms in total. The van der Waals surface area contributed by atoms with Crippen molar-refractivity contribution in [2.24, 2.45) is 0 Å². The Balaban J connectivity index is 1.20. The van der Waals surface area contributed by atoms with Crippen molar-refractivity contribution in [2.45, 2.75) is 50.3 Å². The molecule has 132 valence electrons. The smallest absolute Gasteiger partial charge is 0.119 e. The van der Waals surface area contributed by atoms with Gasteiger partial charge in [0.15, 0.2) is 0 Å². The maximum atomic E-state index is 5.74. The Morgan fingerprint density at radius 3 is 2.28 bits per heavy atom. The molecule has 2 saturated heterocycles. The fraction of sp³-hybridized carbons (Fsp3) is 0.455. The predicted molar refractivity (Wildman–Crippen MR) is 100.0 cm³/mol. The van der Waals surface area contributed by atoms with Gasteiger partial charge in [0, 0.05) is 12.1 Å². The minimum absolute atomic E-state index is 0.583. The van der Waals surface area contributed by atoms with Gasteiger partial charge >= 0.3 is 0 Å². The molecule has 2 aliphatic rings. The number of piperidine rings is 1. The Morgan fingerprint density at radius 1 is 0.840 bits per heavy atom. The van der Waals surface area contributed by atoms with Crippen molar-refractivity contribution in [3.05, 3.63) is 65.7 Å². The van der Waals surface area contributed by atoms with Gasteiger partial charge in [-0.1, -0.05) is 42.5 Å². The van der Waals surface area contributed by atoms with Gasteiger partial charge in [0.25, 0.3) is 0 Å². The highest BCUT2D eigenvalue weighted by Gasteiger charge is 2.33. The number of ether oxygens (including phenoxy) is 2. The molecule has 2 heterocycles. The molecule has 0 radical (unpaired) electrons. The highest BCUT2D eigenvalue weighted by atomic mass is 16.5. The first-order valence-corrected chi connectivity index (χ1v) is 9.47. The van der Waals surface area contributed by atoms with E-state index in [0.29, 0.717) is 19.8 Å². The summed E-state index contributed by atoms with van der Waals surface area (Å²) in [6.45, 7) is 1.84. The second-order valence-electron chi connectivity index (χ2n) is 7.26. The highest BCUT2D eigenvalue weighted by Crippen LogP contribution is 2.37. The van der Waals surface area contributed by atoms with Crippen molar-refractivity contribution in [3.8, 4) is 5.75 Å². The molecule has 2 atom stereocenters. The minimum Gasteiger partial charge on any atom is -0.491 e. The third-order valence-electron chi connectivity index (χ3n) is 5.43. The van der Waals surface area contributed by atoms with Crippen LogP contribution in [0.2, 0.25) is 0 Å². The van der Waals surface area contributed by atoms with E-state index in [0.717, 1.165) is 23.8 Å². The van der Waals surface area contributed by atoms with Crippen LogP contribution in [0.25, 0.3) is 0 Å². The first kappa shape index (κ1) is 16.6. The summed E-state index contributed by atoms with van der Waals surface area (Å²) in [5, 5.41) is 3.72. The predicted octanol–water partition coefficient (Wildman–Crippen LogP) is 4.28. The van der Waals surface area contributed by atoms with E-state index in [-0.39, 0.29) is 0 Å². The lowest BCUT2D eigenvalue weighted by atomic mass is 9.86. The van der Waals surface area contributed by atoms with E-state index in [1.165, 1.54) is 36.8 Å². The Kier molecular flexibility index (Phi) is 5.34. The Labute approximate surface area is 150 Å². The lowest BCUT2D eigenvalue weighted by Gasteiger charge is -2.29. The quantitative estimate of drug-likeness (QED) is 0.765. The van der Waals surface area contributed by atoms with E-state index in [1.807, 2.05) is 30.3 Å². The molecule has 0 amide bonds. The van der Waals surface area contributed by atoms with Crippen molar-refractivity contribution < 1.29 is 9.47 Å². The molecule has 0 spiro atoms. The summed E-state index contributed by atoms with van der Waals surface area (Å²) >= 11 is 0. The van der Waals surface area contributed by atoms with Crippen molar-refractivity contribution >= 4 is 0 Å². The number of para-hydroxylation sites is 1. The van der Waals surface area contributed by atoms with Crippen LogP contribution in [0.5, 0.6) is 5.75 Å². The standard InChI is InChI=1S/C22H27NO2/c1-2-4-22(5-3-1)25-13-12-24-16-17-6-8-18(9-7-17)19-14-20-10-11-21(15-19)23-20/h1-9,19-21,23H,10-16H2. The molecule has 2 aromatic rings. The molecule has 2 aromatic carbocycles. The first-order valence-electron chi connectivity index (χ1n) is 9.47. The molecule has 2 unspecified atom stereocenters. The van der Waals surface area contributed by atoms with Gasteiger partial charge in [-0.25, -0.2) is 0 Å². The van der Waals surface area contributed by atoms with Crippen LogP contribution in [-0.4, -0.2) is 25.3 Å². The van der Waals surface area contributed by atoms with Gasteiger partial charge in [0.1, 0.15) is 12.4 Å². The summed E-state index contributed by atoms with van der Waals surface area (Å²) in [7, 11) is 0. The minimum atomic E-state index is 0.583. The normalized spacial score (nSPS) is 25.0. The van der Waals surface area contributed by atoms with Crippen LogP contribution in [0, 0.1) is 0 Å². The SMILES string of the molecule is c1ccc(OCCOCc2ccc(C3CC4CCC(C3)N4)cc2)cc1. The number of hydrogen-bond donors (Lipinski definition) is 1. The molecular weight excluding hydrogens is 310 g/mol. The van der Waals surface area contributed by atoms with E-state index in [1.54, 1.807) is 0 Å². The Hall–Kier alpha value is -1.84. The molecule has 25 heavy (non-hydrogen) atoms. The number of benzene rings is 2. The average Bonchev–Trinajstić information content (AvgIpc) is 3.00. The number of hydrogen-bond acceptors (Lipinski definition) is 3. The summed E-state index contributed by atoms with van der Waals surface area (Å²) in [5.74, 6) is 1.62. The fourth-order valence-electron chi connectivity index (χ4n) is 4.14. The zero-order valence-electron chi connectivity index (χ0n) is 14.7. The molecule has 0 aromatic heterocycles. The second-order valence-corrected chi connectivity index (χ2v) is 7.26. The third kappa shape index (κ3) is 4.42. The zero-order valence-corrected chi connectivity index (χ0v) is 14.7. The van der Waals surface area contributed by atoms with Gasteiger partial charge < -0.3 is 14.8 Å². The van der Waals surface area contributed by atoms with Crippen molar-refractivity contribution in [1.29, 1.82) is 0 Å². The maximum Gasteiger partial charge on any atom is 0.119 e. The monoisotopic (exact) mass is 337 g/mol. The van der Waals surface area contributed by atoms with E-state index in [2.05, 4.69) is 29.6 Å². The largest absolute Gasteiger partial charge is 0.491 e. The number of fused-ring (bicyclic) bond motifs is 2.